The minimum absolute atomic E-state index is 0. The van der Waals surface area contributed by atoms with Gasteiger partial charge < -0.3 is 14.9 Å². The molecular weight excluding hydrogens is 1660 g/mol. The number of fused-ring (bicyclic) bond motifs is 4. The quantitative estimate of drug-likeness (QED) is 0.0809. The van der Waals surface area contributed by atoms with E-state index in [1.54, 1.807) is 38.1 Å². The van der Waals surface area contributed by atoms with E-state index in [1.165, 1.54) is 0 Å². The predicted molar refractivity (Wildman–Crippen MR) is 390 cm³/mol. The molecule has 6 aliphatic rings. The Bertz CT molecular complexity index is 4050. The Morgan fingerprint density at radius 3 is 0.820 bits per heavy atom. The molecule has 0 nitrogen and oxygen atoms in total. The van der Waals surface area contributed by atoms with Gasteiger partial charge >= 0.3 is 87.3 Å². The predicted octanol–water partition coefficient (Wildman–Crippen LogP) is 31.0. The number of allylic oxidation sites excluding steroid dienone is 2. The third kappa shape index (κ3) is 18.3. The van der Waals surface area contributed by atoms with Gasteiger partial charge in [0.15, 0.2) is 0 Å². The topological polar surface area (TPSA) is 0 Å². The maximum absolute atomic E-state index is 13.9. The van der Waals surface area contributed by atoms with E-state index in [9.17, 15) is 105 Å². The molecule has 4 saturated carbocycles. The summed E-state index contributed by atoms with van der Waals surface area (Å²) in [5, 5.41) is 0. The first kappa shape index (κ1) is 91.5. The summed E-state index contributed by atoms with van der Waals surface area (Å²) in [5.41, 5.74) is -5.79. The fraction of sp³-hybridized carbons (Fsp3) is 0.488. The summed E-state index contributed by atoms with van der Waals surface area (Å²) in [6, 6.07) is 14.1. The van der Waals surface area contributed by atoms with Gasteiger partial charge in [0.05, 0.1) is 60.7 Å². The van der Waals surface area contributed by atoms with Crippen LogP contribution < -0.4 is 0 Å². The van der Waals surface area contributed by atoms with Crippen molar-refractivity contribution in [3.63, 3.8) is 0 Å². The summed E-state index contributed by atoms with van der Waals surface area (Å²) < 4.78 is 334. The molecule has 4 fully saturated rings. The molecule has 6 aromatic carbocycles. The average molecular weight is 1750 g/mol. The third-order valence-electron chi connectivity index (χ3n) is 24.8. The normalized spacial score (nSPS) is 25.6. The molecule has 12 rings (SSSR count). The first-order valence-electron chi connectivity index (χ1n) is 35.6. The Morgan fingerprint density at radius 1 is 0.333 bits per heavy atom. The molecule has 0 aromatic heterocycles. The van der Waals surface area contributed by atoms with Gasteiger partial charge in [0.2, 0.25) is 0 Å². The Kier molecular flexibility index (Phi) is 26.5. The Balaban J connectivity index is 0.000000265. The van der Waals surface area contributed by atoms with Crippen molar-refractivity contribution in [2.75, 3.05) is 0 Å². The fourth-order valence-electron chi connectivity index (χ4n) is 21.4. The first-order chi connectivity index (χ1) is 49.8. The maximum atomic E-state index is 13.9. The number of benzene rings is 6. The molecule has 6 aromatic rings. The van der Waals surface area contributed by atoms with Gasteiger partial charge in [0, 0.05) is 11.1 Å². The molecule has 0 saturated heterocycles. The minimum atomic E-state index is -5.04. The van der Waals surface area contributed by atoms with Crippen LogP contribution in [-0.2, 0) is 70.3 Å². The van der Waals surface area contributed by atoms with Crippen LogP contribution in [0.15, 0.2) is 108 Å². The second kappa shape index (κ2) is 32.1. The second-order valence-electron chi connectivity index (χ2n) is 32.4. The molecule has 111 heavy (non-hydrogen) atoms. The molecule has 0 amide bonds. The zero-order valence-corrected chi connectivity index (χ0v) is 69.0. The van der Waals surface area contributed by atoms with Gasteiger partial charge in [-0.1, -0.05) is 101 Å². The number of hydrogen-bond donors (Lipinski definition) is 0. The van der Waals surface area contributed by atoms with Crippen LogP contribution in [0.5, 0.6) is 0 Å². The van der Waals surface area contributed by atoms with Crippen molar-refractivity contribution < 1.29 is 126 Å². The molecular formula is C82H86Cl2F24Si2Zr. The van der Waals surface area contributed by atoms with Crippen LogP contribution in [0.2, 0.25) is 37.3 Å². The molecule has 0 N–H and O–H groups in total. The van der Waals surface area contributed by atoms with E-state index < -0.39 is 143 Å². The van der Waals surface area contributed by atoms with Crippen LogP contribution in [0.4, 0.5) is 105 Å². The Hall–Kier alpha value is -4.98. The molecule has 0 bridgehead atoms. The van der Waals surface area contributed by atoms with E-state index in [2.05, 4.69) is 40.0 Å². The summed E-state index contributed by atoms with van der Waals surface area (Å²) in [4.78, 5) is 0. The van der Waals surface area contributed by atoms with E-state index in [1.807, 2.05) is 39.8 Å². The van der Waals surface area contributed by atoms with Gasteiger partial charge in [-0.25, -0.2) is 0 Å². The molecule has 14 atom stereocenters. The Morgan fingerprint density at radius 2 is 0.577 bits per heavy atom. The summed E-state index contributed by atoms with van der Waals surface area (Å²) >= 11 is -0.826. The van der Waals surface area contributed by atoms with Gasteiger partial charge in [-0.05, 0) is 276 Å². The van der Waals surface area contributed by atoms with E-state index in [0.29, 0.717) is 47.9 Å². The SMILES string of the molecule is CC1=Cc2c(ccc(C)c2-c2cc(C(F)(F)F)cc(C(F)(F)F)c2)C1[Si](C)(C)C1C(C)=Cc2c1ccc(C)c2-c1cc(C(F)(F)F)cc(C(F)(F)F)c1.CC1CCC2C(CC(C)C2[Si](C)(C)C2C(C)CC3C2CCC(C)C3c2cc(C(F)(F)F)cc(C(F)(F)F)c2)C1c1cc(C(F)(F)F)cc(C(F)(F)F)c1.[CH3-].[CH3-].[Cl][Zr+2][Cl]. The van der Waals surface area contributed by atoms with Crippen LogP contribution in [0.1, 0.15) is 192 Å². The average Bonchev–Trinajstić information content (AvgIpc) is 1.58. The number of hydrogen-bond acceptors (Lipinski definition) is 0. The van der Waals surface area contributed by atoms with Crippen molar-refractivity contribution >= 4 is 45.3 Å². The summed E-state index contributed by atoms with van der Waals surface area (Å²) in [5.74, 6) is -0.900. The van der Waals surface area contributed by atoms with Gasteiger partial charge in [-0.3, -0.25) is 0 Å². The van der Waals surface area contributed by atoms with Crippen LogP contribution in [0.25, 0.3) is 34.4 Å². The summed E-state index contributed by atoms with van der Waals surface area (Å²) in [6.45, 7) is 23.9. The van der Waals surface area contributed by atoms with Crippen molar-refractivity contribution in [3.8, 4) is 22.3 Å². The van der Waals surface area contributed by atoms with Crippen LogP contribution in [0.3, 0.4) is 0 Å². The van der Waals surface area contributed by atoms with E-state index in [4.69, 9.17) is 17.0 Å². The molecule has 0 spiro atoms. The van der Waals surface area contributed by atoms with Crippen LogP contribution >= 0.6 is 17.0 Å². The summed E-state index contributed by atoms with van der Waals surface area (Å²) in [6.07, 6.45) is -32.0. The van der Waals surface area contributed by atoms with Crippen LogP contribution in [0, 0.1) is 76.0 Å². The fourth-order valence-corrected chi connectivity index (χ4v) is 33.1. The number of aryl methyl sites for hydroxylation is 2. The first-order valence-corrected chi connectivity index (χ1v) is 48.3. The zero-order valence-electron chi connectivity index (χ0n) is 63.0. The third-order valence-corrected chi connectivity index (χ3v) is 34.7. The van der Waals surface area contributed by atoms with Crippen molar-refractivity contribution in [2.24, 2.45) is 47.3 Å². The second-order valence-corrected chi connectivity index (χ2v) is 45.9. The van der Waals surface area contributed by atoms with Gasteiger partial charge in [0.1, 0.15) is 0 Å². The van der Waals surface area contributed by atoms with E-state index >= 15 is 0 Å². The molecule has 29 heteroatoms. The van der Waals surface area contributed by atoms with E-state index in [-0.39, 0.29) is 142 Å². The standard InChI is InChI=1S/C40H48F12Si.C40H32F12Si.2CH3.2ClH.Zr/c2*1-19-7-9-29-31(33(19)23-13-25(37(41,42)43)17-26(14-23)38(44,45)46)11-21(3)35(29)53(5,6)36-22(4)12-32-30(36)10-8-20(2)34(32)24-15-27(39(47,48)49)18-28(16-24)40(50,51)52;;;;;/h13-22,29-36H,7-12H2,1-6H3;7-18,35-36H,1-6H3;2*1H3;2*1H;/q;;2*-1;;;+4/p-2. The zero-order chi connectivity index (χ0) is 81.5. The van der Waals surface area contributed by atoms with Gasteiger partial charge in [0.25, 0.3) is 0 Å². The Labute approximate surface area is 652 Å². The molecule has 6 aliphatic carbocycles. The van der Waals surface area contributed by atoms with Crippen molar-refractivity contribution in [2.45, 2.75) is 204 Å². The number of halogens is 26. The molecule has 608 valence electrons. The van der Waals surface area contributed by atoms with Crippen LogP contribution in [-0.4, -0.2) is 16.1 Å². The molecule has 0 aliphatic heterocycles. The number of rotatable bonds is 8. The molecule has 0 radical (unpaired) electrons. The molecule has 14 unspecified atom stereocenters. The van der Waals surface area contributed by atoms with Crippen molar-refractivity contribution in [1.82, 2.24) is 0 Å². The number of alkyl halides is 24. The van der Waals surface area contributed by atoms with Gasteiger partial charge in [-0.2, -0.15) is 105 Å². The van der Waals surface area contributed by atoms with E-state index in [0.717, 1.165) is 83.6 Å². The molecule has 0 heterocycles. The monoisotopic (exact) mass is 1740 g/mol. The summed E-state index contributed by atoms with van der Waals surface area (Å²) in [7, 11) is 4.73. The van der Waals surface area contributed by atoms with Gasteiger partial charge in [-0.15, -0.1) is 0 Å². The van der Waals surface area contributed by atoms with Crippen molar-refractivity contribution in [3.05, 3.63) is 212 Å². The van der Waals surface area contributed by atoms with Crippen molar-refractivity contribution in [1.29, 1.82) is 0 Å².